The van der Waals surface area contributed by atoms with Crippen LogP contribution in [0.25, 0.3) is 0 Å². The second-order valence-electron chi connectivity index (χ2n) is 1.89. The Hall–Kier alpha value is 0.00948. The minimum absolute atomic E-state index is 0.580. The molecule has 0 spiro atoms. The van der Waals surface area contributed by atoms with Crippen molar-refractivity contribution >= 4 is 38.9 Å². The summed E-state index contributed by atoms with van der Waals surface area (Å²) in [5, 5.41) is 10.0. The normalized spacial score (nSPS) is 13.5. The molecule has 5 heteroatoms. The molecule has 0 amide bonds. The second-order valence-corrected chi connectivity index (χ2v) is 3.32. The predicted molar refractivity (Wildman–Crippen MR) is 48.7 cm³/mol. The number of aliphatic imine (C=N–C) groups is 1. The first-order valence-corrected chi connectivity index (χ1v) is 5.46. The van der Waals surface area contributed by atoms with Crippen LogP contribution in [0.3, 0.4) is 0 Å². The summed E-state index contributed by atoms with van der Waals surface area (Å²) in [7, 11) is 0. The molecule has 0 heterocycles. The summed E-state index contributed by atoms with van der Waals surface area (Å²) >= 11 is 4.17. The summed E-state index contributed by atoms with van der Waals surface area (Å²) in [6, 6.07) is -0.580. The maximum absolute atomic E-state index is 10.5. The zero-order valence-corrected chi connectivity index (χ0v) is 8.72. The molecule has 0 bridgehead atoms. The molecular formula is C6H10NO2SSe. The van der Waals surface area contributed by atoms with Crippen molar-refractivity contribution in [3.05, 3.63) is 0 Å². The number of thioether (sulfide) groups is 1. The van der Waals surface area contributed by atoms with Crippen LogP contribution in [0.5, 0.6) is 0 Å². The summed E-state index contributed by atoms with van der Waals surface area (Å²) in [5.41, 5.74) is 0. The van der Waals surface area contributed by atoms with Crippen molar-refractivity contribution < 1.29 is 9.90 Å². The van der Waals surface area contributed by atoms with Gasteiger partial charge in [0, 0.05) is 0 Å². The summed E-state index contributed by atoms with van der Waals surface area (Å²) < 4.78 is 0. The van der Waals surface area contributed by atoms with Gasteiger partial charge in [0.15, 0.2) is 0 Å². The monoisotopic (exact) mass is 240 g/mol. The Morgan fingerprint density at radius 1 is 1.91 bits per heavy atom. The molecule has 3 nitrogen and oxygen atoms in total. The fraction of sp³-hybridized carbons (Fsp3) is 0.667. The number of carbonyl (C=O) groups is 1. The zero-order chi connectivity index (χ0) is 8.69. The molecule has 0 unspecified atom stereocenters. The van der Waals surface area contributed by atoms with E-state index in [-0.39, 0.29) is 0 Å². The Bertz CT molecular complexity index is 152. The molecule has 0 aliphatic carbocycles. The van der Waals surface area contributed by atoms with Gasteiger partial charge in [0.2, 0.25) is 0 Å². The Kier molecular flexibility index (Phi) is 6.71. The summed E-state index contributed by atoms with van der Waals surface area (Å²) in [6.45, 7) is 0. The molecule has 1 radical (unpaired) electrons. The van der Waals surface area contributed by atoms with E-state index < -0.39 is 12.0 Å². The van der Waals surface area contributed by atoms with Crippen LogP contribution in [0.2, 0.25) is 0 Å². The van der Waals surface area contributed by atoms with Crippen molar-refractivity contribution in [2.45, 2.75) is 12.5 Å². The van der Waals surface area contributed by atoms with Gasteiger partial charge < -0.3 is 0 Å². The van der Waals surface area contributed by atoms with E-state index in [1.54, 1.807) is 11.8 Å². The number of nitrogens with zero attached hydrogens (tertiary/aromatic N) is 1. The van der Waals surface area contributed by atoms with E-state index in [4.69, 9.17) is 5.11 Å². The average Bonchev–Trinajstić information content (AvgIpc) is 1.97. The van der Waals surface area contributed by atoms with E-state index in [2.05, 4.69) is 21.0 Å². The van der Waals surface area contributed by atoms with E-state index >= 15 is 0 Å². The van der Waals surface area contributed by atoms with Crippen molar-refractivity contribution in [3.8, 4) is 0 Å². The molecule has 1 N–H and O–H groups in total. The molecule has 0 fully saturated rings. The number of aliphatic carboxylic acids is 1. The van der Waals surface area contributed by atoms with Gasteiger partial charge in [0.1, 0.15) is 0 Å². The summed E-state index contributed by atoms with van der Waals surface area (Å²) in [6.07, 6.45) is 2.54. The molecule has 0 rings (SSSR count). The van der Waals surface area contributed by atoms with Crippen molar-refractivity contribution in [2.75, 3.05) is 12.0 Å². The van der Waals surface area contributed by atoms with Crippen molar-refractivity contribution in [3.63, 3.8) is 0 Å². The maximum atomic E-state index is 10.5. The Morgan fingerprint density at radius 2 is 2.55 bits per heavy atom. The Balaban J connectivity index is 3.79. The molecule has 11 heavy (non-hydrogen) atoms. The van der Waals surface area contributed by atoms with Gasteiger partial charge in [-0.3, -0.25) is 0 Å². The third-order valence-corrected chi connectivity index (χ3v) is 2.02. The van der Waals surface area contributed by atoms with E-state index in [9.17, 15) is 4.79 Å². The van der Waals surface area contributed by atoms with E-state index in [1.807, 2.05) is 6.26 Å². The molecule has 1 atom stereocenters. The van der Waals surface area contributed by atoms with Crippen LogP contribution >= 0.6 is 11.8 Å². The fourth-order valence-corrected chi connectivity index (χ4v) is 1.33. The number of hydrogen-bond acceptors (Lipinski definition) is 3. The first-order valence-electron chi connectivity index (χ1n) is 3.07. The molecule has 0 aromatic heterocycles. The number of carboxylic acids is 1. The Morgan fingerprint density at radius 3 is 2.91 bits per heavy atom. The quantitative estimate of drug-likeness (QED) is 0.557. The molecule has 0 saturated carbocycles. The first kappa shape index (κ1) is 11.0. The number of hydrogen-bond donors (Lipinski definition) is 1. The van der Waals surface area contributed by atoms with Gasteiger partial charge in [-0.2, -0.15) is 0 Å². The van der Waals surface area contributed by atoms with Crippen molar-refractivity contribution in [2.24, 2.45) is 4.99 Å². The molecule has 0 aromatic rings. The zero-order valence-electron chi connectivity index (χ0n) is 6.19. The molecule has 0 aliphatic heterocycles. The van der Waals surface area contributed by atoms with Crippen LogP contribution in [0, 0.1) is 0 Å². The second kappa shape index (κ2) is 6.70. The average molecular weight is 239 g/mol. The fourth-order valence-electron chi connectivity index (χ4n) is 0.565. The Labute approximate surface area is 78.5 Å². The van der Waals surface area contributed by atoms with Gasteiger partial charge in [-0.1, -0.05) is 0 Å². The van der Waals surface area contributed by atoms with Gasteiger partial charge in [-0.25, -0.2) is 0 Å². The molecule has 0 aromatic carbocycles. The molecule has 0 saturated heterocycles. The number of carboxylic acid groups (broad SMARTS) is 1. The van der Waals surface area contributed by atoms with Crippen LogP contribution in [0.1, 0.15) is 6.42 Å². The van der Waals surface area contributed by atoms with E-state index in [0.29, 0.717) is 6.42 Å². The van der Waals surface area contributed by atoms with Crippen LogP contribution in [-0.2, 0) is 4.79 Å². The van der Waals surface area contributed by atoms with Crippen molar-refractivity contribution in [1.29, 1.82) is 0 Å². The van der Waals surface area contributed by atoms with Crippen LogP contribution in [-0.4, -0.2) is 50.3 Å². The van der Waals surface area contributed by atoms with Crippen molar-refractivity contribution in [1.82, 2.24) is 0 Å². The minimum atomic E-state index is -0.856. The van der Waals surface area contributed by atoms with Crippen LogP contribution < -0.4 is 0 Å². The van der Waals surface area contributed by atoms with Gasteiger partial charge >= 0.3 is 78.2 Å². The molecule has 63 valence electrons. The summed E-state index contributed by atoms with van der Waals surface area (Å²) in [4.78, 5) is 14.2. The van der Waals surface area contributed by atoms with E-state index in [1.165, 1.54) is 5.11 Å². The topological polar surface area (TPSA) is 49.7 Å². The third-order valence-electron chi connectivity index (χ3n) is 1.12. The van der Waals surface area contributed by atoms with Gasteiger partial charge in [0.05, 0.1) is 0 Å². The van der Waals surface area contributed by atoms with E-state index in [0.717, 1.165) is 5.75 Å². The molecule has 0 aliphatic rings. The standard InChI is InChI=1S/C6H10NO2SSe/c1-10-3-2-5(6(8)9)7-4-11/h4-5H,2-3H2,1H3,(H,8,9)/t5-/m0/s1. The van der Waals surface area contributed by atoms with Crippen LogP contribution in [0.15, 0.2) is 4.99 Å². The third kappa shape index (κ3) is 5.30. The summed E-state index contributed by atoms with van der Waals surface area (Å²) in [5.74, 6) is -0.0283. The molecular weight excluding hydrogens is 229 g/mol. The van der Waals surface area contributed by atoms with Crippen LogP contribution in [0.4, 0.5) is 0 Å². The van der Waals surface area contributed by atoms with Gasteiger partial charge in [0.25, 0.3) is 0 Å². The van der Waals surface area contributed by atoms with Gasteiger partial charge in [-0.15, -0.1) is 0 Å². The first-order chi connectivity index (χ1) is 5.22. The van der Waals surface area contributed by atoms with Gasteiger partial charge in [-0.05, 0) is 0 Å². The SMILES string of the molecule is CSCC[C@H](N=C[Se])C(=O)O. The predicted octanol–water partition coefficient (Wildman–Crippen LogP) is 0.390. The number of rotatable bonds is 5.